The fraction of sp³-hybridized carbons (Fsp3) is 0. The number of aromatic nitrogens is 2. The van der Waals surface area contributed by atoms with E-state index in [1.54, 1.807) is 18.2 Å². The van der Waals surface area contributed by atoms with Gasteiger partial charge in [0.25, 0.3) is 15.9 Å². The van der Waals surface area contributed by atoms with Crippen molar-refractivity contribution in [1.29, 1.82) is 0 Å². The maximum absolute atomic E-state index is 12.0. The van der Waals surface area contributed by atoms with Gasteiger partial charge < -0.3 is 5.73 Å². The van der Waals surface area contributed by atoms with Crippen molar-refractivity contribution < 1.29 is 13.2 Å². The lowest BCUT2D eigenvalue weighted by atomic mass is 10.3. The molecule has 0 fully saturated rings. The van der Waals surface area contributed by atoms with E-state index in [1.165, 1.54) is 12.1 Å². The standard InChI is InChI=1S/C10H10N4O3S/c11-9(15)8-6-12-13-10(8)14-18(16,17)7-4-2-1-3-5-7/h1-6H,(H2,11,15)(H2,12,13,14). The van der Waals surface area contributed by atoms with E-state index in [2.05, 4.69) is 14.9 Å². The molecule has 1 heterocycles. The highest BCUT2D eigenvalue weighted by Gasteiger charge is 2.18. The Morgan fingerprint density at radius 3 is 2.56 bits per heavy atom. The van der Waals surface area contributed by atoms with E-state index in [0.717, 1.165) is 6.20 Å². The van der Waals surface area contributed by atoms with Gasteiger partial charge in [0.2, 0.25) is 0 Å². The topological polar surface area (TPSA) is 118 Å². The van der Waals surface area contributed by atoms with Crippen LogP contribution < -0.4 is 10.5 Å². The normalized spacial score (nSPS) is 11.1. The van der Waals surface area contributed by atoms with Crippen molar-refractivity contribution in [2.45, 2.75) is 4.90 Å². The van der Waals surface area contributed by atoms with Crippen molar-refractivity contribution in [2.24, 2.45) is 5.73 Å². The average molecular weight is 266 g/mol. The second-order valence-electron chi connectivity index (χ2n) is 3.44. The number of nitrogens with one attached hydrogen (secondary N) is 2. The molecule has 0 bridgehead atoms. The zero-order chi connectivity index (χ0) is 13.2. The van der Waals surface area contributed by atoms with Gasteiger partial charge in [-0.1, -0.05) is 18.2 Å². The second-order valence-corrected chi connectivity index (χ2v) is 5.12. The first-order valence-corrected chi connectivity index (χ1v) is 6.40. The van der Waals surface area contributed by atoms with E-state index in [4.69, 9.17) is 5.73 Å². The molecule has 0 aliphatic carbocycles. The van der Waals surface area contributed by atoms with Gasteiger partial charge in [-0.3, -0.25) is 14.6 Å². The van der Waals surface area contributed by atoms with Crippen LogP contribution in [0.1, 0.15) is 10.4 Å². The van der Waals surface area contributed by atoms with E-state index in [-0.39, 0.29) is 16.3 Å². The van der Waals surface area contributed by atoms with Crippen molar-refractivity contribution in [3.8, 4) is 0 Å². The number of hydrogen-bond acceptors (Lipinski definition) is 4. The molecule has 0 aliphatic rings. The first-order chi connectivity index (χ1) is 8.50. The number of benzene rings is 1. The molecule has 0 saturated carbocycles. The molecule has 94 valence electrons. The predicted molar refractivity (Wildman–Crippen MR) is 64.4 cm³/mol. The Morgan fingerprint density at radius 1 is 1.28 bits per heavy atom. The number of aromatic amines is 1. The highest BCUT2D eigenvalue weighted by atomic mass is 32.2. The molecular weight excluding hydrogens is 256 g/mol. The summed E-state index contributed by atoms with van der Waals surface area (Å²) in [7, 11) is -3.77. The molecule has 7 nitrogen and oxygen atoms in total. The van der Waals surface area contributed by atoms with E-state index < -0.39 is 15.9 Å². The second kappa shape index (κ2) is 4.49. The number of H-pyrrole nitrogens is 1. The molecule has 2 aromatic rings. The minimum absolute atomic E-state index is 0.0190. The van der Waals surface area contributed by atoms with Gasteiger partial charge in [0.05, 0.1) is 11.1 Å². The smallest absolute Gasteiger partial charge is 0.263 e. The first-order valence-electron chi connectivity index (χ1n) is 4.92. The molecule has 1 amide bonds. The molecule has 4 N–H and O–H groups in total. The van der Waals surface area contributed by atoms with Gasteiger partial charge in [-0.05, 0) is 12.1 Å². The number of nitrogens with two attached hydrogens (primary N) is 1. The van der Waals surface area contributed by atoms with E-state index >= 15 is 0 Å². The minimum Gasteiger partial charge on any atom is -0.365 e. The summed E-state index contributed by atoms with van der Waals surface area (Å²) >= 11 is 0. The van der Waals surface area contributed by atoms with E-state index in [1.807, 2.05) is 0 Å². The van der Waals surface area contributed by atoms with Crippen LogP contribution in [0, 0.1) is 0 Å². The van der Waals surface area contributed by atoms with E-state index in [0.29, 0.717) is 0 Å². The number of amides is 1. The van der Waals surface area contributed by atoms with Crippen LogP contribution >= 0.6 is 0 Å². The lowest BCUT2D eigenvalue weighted by Crippen LogP contribution is -2.17. The van der Waals surface area contributed by atoms with Gasteiger partial charge in [0.15, 0.2) is 0 Å². The third kappa shape index (κ3) is 2.33. The van der Waals surface area contributed by atoms with Crippen LogP contribution in [0.25, 0.3) is 0 Å². The van der Waals surface area contributed by atoms with Crippen LogP contribution in [0.15, 0.2) is 41.4 Å². The minimum atomic E-state index is -3.77. The molecule has 0 spiro atoms. The quantitative estimate of drug-likeness (QED) is 0.737. The van der Waals surface area contributed by atoms with Crippen molar-refractivity contribution in [3.63, 3.8) is 0 Å². The van der Waals surface area contributed by atoms with Crippen LogP contribution in [0.4, 0.5) is 5.82 Å². The summed E-state index contributed by atoms with van der Waals surface area (Å²) in [6.45, 7) is 0. The highest BCUT2D eigenvalue weighted by Crippen LogP contribution is 2.16. The summed E-state index contributed by atoms with van der Waals surface area (Å²) in [6, 6.07) is 7.75. The van der Waals surface area contributed by atoms with Gasteiger partial charge >= 0.3 is 0 Å². The molecule has 0 radical (unpaired) electrons. The van der Waals surface area contributed by atoms with Gasteiger partial charge in [-0.25, -0.2) is 8.42 Å². The Morgan fingerprint density at radius 2 is 1.94 bits per heavy atom. The Labute approximate surface area is 103 Å². The number of primary amides is 1. The zero-order valence-electron chi connectivity index (χ0n) is 9.12. The van der Waals surface area contributed by atoms with E-state index in [9.17, 15) is 13.2 Å². The molecule has 18 heavy (non-hydrogen) atoms. The molecule has 0 aliphatic heterocycles. The first kappa shape index (κ1) is 12.1. The Hall–Kier alpha value is -2.35. The fourth-order valence-electron chi connectivity index (χ4n) is 1.34. The van der Waals surface area contributed by atoms with Crippen LogP contribution in [0.5, 0.6) is 0 Å². The highest BCUT2D eigenvalue weighted by molar-refractivity contribution is 7.92. The SMILES string of the molecule is NC(=O)c1cn[nH]c1NS(=O)(=O)c1ccccc1. The van der Waals surface area contributed by atoms with Crippen LogP contribution in [-0.2, 0) is 10.0 Å². The van der Waals surface area contributed by atoms with Crippen LogP contribution in [-0.4, -0.2) is 24.5 Å². The Balaban J connectivity index is 2.34. The van der Waals surface area contributed by atoms with Gasteiger partial charge in [0, 0.05) is 0 Å². The average Bonchev–Trinajstić information content (AvgIpc) is 2.78. The monoisotopic (exact) mass is 266 g/mol. The van der Waals surface area contributed by atoms with Crippen molar-refractivity contribution in [2.75, 3.05) is 4.72 Å². The Bertz CT molecular complexity index is 663. The molecule has 0 atom stereocenters. The number of rotatable bonds is 4. The summed E-state index contributed by atoms with van der Waals surface area (Å²) < 4.78 is 26.1. The number of carbonyl (C=O) groups excluding carboxylic acids is 1. The summed E-state index contributed by atoms with van der Waals surface area (Å²) in [5.74, 6) is -0.819. The third-order valence-corrected chi connectivity index (χ3v) is 3.56. The van der Waals surface area contributed by atoms with Gasteiger partial charge in [-0.2, -0.15) is 5.10 Å². The van der Waals surface area contributed by atoms with Crippen molar-refractivity contribution in [3.05, 3.63) is 42.1 Å². The zero-order valence-corrected chi connectivity index (χ0v) is 9.94. The molecular formula is C10H10N4O3S. The molecule has 0 saturated heterocycles. The molecule has 2 rings (SSSR count). The van der Waals surface area contributed by atoms with Crippen molar-refractivity contribution in [1.82, 2.24) is 10.2 Å². The summed E-state index contributed by atoms with van der Waals surface area (Å²) in [5, 5.41) is 5.94. The summed E-state index contributed by atoms with van der Waals surface area (Å²) in [5.41, 5.74) is 5.06. The molecule has 1 aromatic carbocycles. The number of carbonyl (C=O) groups is 1. The van der Waals surface area contributed by atoms with Gasteiger partial charge in [-0.15, -0.1) is 0 Å². The van der Waals surface area contributed by atoms with Crippen LogP contribution in [0.3, 0.4) is 0 Å². The molecule has 0 unspecified atom stereocenters. The maximum Gasteiger partial charge on any atom is 0.263 e. The third-order valence-electron chi connectivity index (χ3n) is 2.19. The fourth-order valence-corrected chi connectivity index (χ4v) is 2.40. The molecule has 8 heteroatoms. The number of anilines is 1. The lowest BCUT2D eigenvalue weighted by molar-refractivity contribution is 0.100. The summed E-state index contributed by atoms with van der Waals surface area (Å²) in [4.78, 5) is 11.1. The number of sulfonamides is 1. The largest absolute Gasteiger partial charge is 0.365 e. The number of hydrogen-bond donors (Lipinski definition) is 3. The number of nitrogens with zero attached hydrogens (tertiary/aromatic N) is 1. The summed E-state index contributed by atoms with van der Waals surface area (Å²) in [6.07, 6.45) is 1.16. The molecule has 1 aromatic heterocycles. The van der Waals surface area contributed by atoms with Gasteiger partial charge in [0.1, 0.15) is 11.4 Å². The van der Waals surface area contributed by atoms with Crippen molar-refractivity contribution >= 4 is 21.7 Å². The lowest BCUT2D eigenvalue weighted by Gasteiger charge is -2.06. The maximum atomic E-state index is 12.0. The van der Waals surface area contributed by atoms with Crippen LogP contribution in [0.2, 0.25) is 0 Å². The predicted octanol–water partition coefficient (Wildman–Crippen LogP) is 0.309. The Kier molecular flexibility index (Phi) is 3.02.